The standard InChI is InChI=1S/C26H24F3NO3S/c1-4-5-18-19-8-7-17(26(27,28)29)14-24(19)34-23(18)10-9-21-20-12-15(2)16(6-11-25(31)32-3)13-22(20)33-30-21/h6-8,11-14H,4-5,9-10H2,1-3H3. The summed E-state index contributed by atoms with van der Waals surface area (Å²) in [6.07, 6.45) is 1.67. The Labute approximate surface area is 199 Å². The highest BCUT2D eigenvalue weighted by Gasteiger charge is 2.31. The summed E-state index contributed by atoms with van der Waals surface area (Å²) in [5.41, 5.74) is 3.71. The monoisotopic (exact) mass is 487 g/mol. The molecule has 4 aromatic rings. The second-order valence-corrected chi connectivity index (χ2v) is 9.29. The molecular weight excluding hydrogens is 463 g/mol. The van der Waals surface area contributed by atoms with Gasteiger partial charge in [0.15, 0.2) is 5.58 Å². The van der Waals surface area contributed by atoms with E-state index in [-0.39, 0.29) is 0 Å². The molecule has 0 aliphatic heterocycles. The predicted molar refractivity (Wildman–Crippen MR) is 128 cm³/mol. The fraction of sp³-hybridized carbons (Fsp3) is 0.308. The lowest BCUT2D eigenvalue weighted by molar-refractivity contribution is -0.137. The number of methoxy groups -OCH3 is 1. The molecule has 0 saturated carbocycles. The summed E-state index contributed by atoms with van der Waals surface area (Å²) >= 11 is 1.43. The zero-order valence-corrected chi connectivity index (χ0v) is 19.9. The number of benzene rings is 2. The molecule has 2 aromatic heterocycles. The van der Waals surface area contributed by atoms with Gasteiger partial charge in [-0.2, -0.15) is 13.2 Å². The van der Waals surface area contributed by atoms with E-state index in [2.05, 4.69) is 16.8 Å². The second kappa shape index (κ2) is 9.62. The lowest BCUT2D eigenvalue weighted by Crippen LogP contribution is -2.03. The molecule has 8 heteroatoms. The molecule has 0 aliphatic carbocycles. The molecule has 0 spiro atoms. The van der Waals surface area contributed by atoms with Crippen LogP contribution >= 0.6 is 11.3 Å². The summed E-state index contributed by atoms with van der Waals surface area (Å²) in [6.45, 7) is 4.01. The number of hydrogen-bond donors (Lipinski definition) is 0. The fourth-order valence-corrected chi connectivity index (χ4v) is 5.37. The maximum atomic E-state index is 13.2. The van der Waals surface area contributed by atoms with Crippen LogP contribution in [0.3, 0.4) is 0 Å². The molecule has 0 atom stereocenters. The maximum Gasteiger partial charge on any atom is 0.416 e. The van der Waals surface area contributed by atoms with Crippen LogP contribution < -0.4 is 0 Å². The number of fused-ring (bicyclic) bond motifs is 2. The van der Waals surface area contributed by atoms with Gasteiger partial charge in [0.05, 0.1) is 18.4 Å². The minimum Gasteiger partial charge on any atom is -0.466 e. The third-order valence-electron chi connectivity index (χ3n) is 5.83. The van der Waals surface area contributed by atoms with Crippen molar-refractivity contribution in [2.24, 2.45) is 0 Å². The van der Waals surface area contributed by atoms with E-state index in [4.69, 9.17) is 4.52 Å². The SMILES string of the molecule is CCCc1c(CCc2noc3cc(C=CC(=O)OC)c(C)cc23)sc2cc(C(F)(F)F)ccc12. The number of thiophene rings is 1. The topological polar surface area (TPSA) is 52.3 Å². The van der Waals surface area contributed by atoms with Crippen molar-refractivity contribution >= 4 is 44.4 Å². The molecule has 178 valence electrons. The highest BCUT2D eigenvalue weighted by molar-refractivity contribution is 7.19. The summed E-state index contributed by atoms with van der Waals surface area (Å²) in [5, 5.41) is 6.04. The molecule has 2 heterocycles. The summed E-state index contributed by atoms with van der Waals surface area (Å²) in [6, 6.07) is 7.83. The highest BCUT2D eigenvalue weighted by atomic mass is 32.1. The van der Waals surface area contributed by atoms with Crippen molar-refractivity contribution in [2.75, 3.05) is 7.11 Å². The summed E-state index contributed by atoms with van der Waals surface area (Å²) < 4.78 is 50.4. The Bertz CT molecular complexity index is 1380. The van der Waals surface area contributed by atoms with Gasteiger partial charge >= 0.3 is 12.1 Å². The number of rotatable bonds is 7. The van der Waals surface area contributed by atoms with Crippen LogP contribution in [-0.2, 0) is 35.0 Å². The summed E-state index contributed by atoms with van der Waals surface area (Å²) in [7, 11) is 1.32. The Morgan fingerprint density at radius 1 is 1.15 bits per heavy atom. The predicted octanol–water partition coefficient (Wildman–Crippen LogP) is 7.29. The first kappa shape index (κ1) is 24.0. The Hall–Kier alpha value is -3.13. The van der Waals surface area contributed by atoms with Gasteiger partial charge in [0, 0.05) is 21.0 Å². The molecule has 0 aliphatic rings. The third-order valence-corrected chi connectivity index (χ3v) is 7.08. The van der Waals surface area contributed by atoms with E-state index in [1.165, 1.54) is 30.6 Å². The number of aryl methyl sites for hydroxylation is 4. The van der Waals surface area contributed by atoms with E-state index >= 15 is 0 Å². The smallest absolute Gasteiger partial charge is 0.416 e. The van der Waals surface area contributed by atoms with Crippen molar-refractivity contribution < 1.29 is 27.2 Å². The molecule has 0 bridgehead atoms. The van der Waals surface area contributed by atoms with Crippen LogP contribution in [0.1, 0.15) is 46.2 Å². The van der Waals surface area contributed by atoms with Crippen LogP contribution in [-0.4, -0.2) is 18.2 Å². The van der Waals surface area contributed by atoms with Crippen LogP contribution in [0.25, 0.3) is 27.1 Å². The Morgan fingerprint density at radius 3 is 2.65 bits per heavy atom. The molecule has 4 rings (SSSR count). The molecule has 0 amide bonds. The molecular formula is C26H24F3NO3S. The highest BCUT2D eigenvalue weighted by Crippen LogP contribution is 2.38. The largest absolute Gasteiger partial charge is 0.466 e. The van der Waals surface area contributed by atoms with Crippen LogP contribution in [0.15, 0.2) is 40.9 Å². The quantitative estimate of drug-likeness (QED) is 0.203. The average Bonchev–Trinajstić information content (AvgIpc) is 3.35. The van der Waals surface area contributed by atoms with Gasteiger partial charge in [-0.05, 0) is 78.6 Å². The lowest BCUT2D eigenvalue weighted by atomic mass is 10.0. The molecule has 0 radical (unpaired) electrons. The summed E-state index contributed by atoms with van der Waals surface area (Å²) in [5.74, 6) is -0.439. The van der Waals surface area contributed by atoms with Crippen molar-refractivity contribution in [3.8, 4) is 0 Å². The zero-order chi connectivity index (χ0) is 24.5. The number of esters is 1. The van der Waals surface area contributed by atoms with Crippen molar-refractivity contribution in [1.29, 1.82) is 0 Å². The third kappa shape index (κ3) is 4.87. The van der Waals surface area contributed by atoms with E-state index in [0.29, 0.717) is 23.1 Å². The van der Waals surface area contributed by atoms with Crippen LogP contribution in [0.4, 0.5) is 13.2 Å². The first-order chi connectivity index (χ1) is 16.2. The van der Waals surface area contributed by atoms with Crippen molar-refractivity contribution in [2.45, 2.75) is 45.7 Å². The van der Waals surface area contributed by atoms with E-state index in [1.54, 1.807) is 12.1 Å². The van der Waals surface area contributed by atoms with Crippen LogP contribution in [0.5, 0.6) is 0 Å². The van der Waals surface area contributed by atoms with Gasteiger partial charge in [-0.15, -0.1) is 11.3 Å². The molecule has 0 N–H and O–H groups in total. The number of alkyl halides is 3. The second-order valence-electron chi connectivity index (χ2n) is 8.15. The van der Waals surface area contributed by atoms with Gasteiger partial charge in [0.1, 0.15) is 0 Å². The van der Waals surface area contributed by atoms with Gasteiger partial charge < -0.3 is 9.26 Å². The normalized spacial score (nSPS) is 12.3. The number of aromatic nitrogens is 1. The Kier molecular flexibility index (Phi) is 6.79. The number of nitrogens with zero attached hydrogens (tertiary/aromatic N) is 1. The first-order valence-electron chi connectivity index (χ1n) is 11.0. The fourth-order valence-electron chi connectivity index (χ4n) is 4.08. The minimum atomic E-state index is -4.36. The Morgan fingerprint density at radius 2 is 1.94 bits per heavy atom. The van der Waals surface area contributed by atoms with Crippen LogP contribution in [0, 0.1) is 6.92 Å². The van der Waals surface area contributed by atoms with E-state index < -0.39 is 17.7 Å². The number of hydrogen-bond acceptors (Lipinski definition) is 5. The lowest BCUT2D eigenvalue weighted by Gasteiger charge is -2.06. The van der Waals surface area contributed by atoms with Gasteiger partial charge in [-0.25, -0.2) is 4.79 Å². The van der Waals surface area contributed by atoms with Gasteiger partial charge in [-0.1, -0.05) is 24.6 Å². The molecule has 34 heavy (non-hydrogen) atoms. The van der Waals surface area contributed by atoms with Gasteiger partial charge in [0.25, 0.3) is 0 Å². The van der Waals surface area contributed by atoms with Crippen molar-refractivity contribution in [1.82, 2.24) is 5.16 Å². The van der Waals surface area contributed by atoms with Crippen LogP contribution in [0.2, 0.25) is 0 Å². The number of ether oxygens (including phenoxy) is 1. The number of halogens is 3. The van der Waals surface area contributed by atoms with Crippen molar-refractivity contribution in [3.63, 3.8) is 0 Å². The average molecular weight is 488 g/mol. The van der Waals surface area contributed by atoms with E-state index in [0.717, 1.165) is 56.9 Å². The van der Waals surface area contributed by atoms with Crippen molar-refractivity contribution in [3.05, 3.63) is 69.2 Å². The van der Waals surface area contributed by atoms with Gasteiger partial charge in [0.2, 0.25) is 0 Å². The maximum absolute atomic E-state index is 13.2. The number of carbonyl (C=O) groups is 1. The first-order valence-corrected chi connectivity index (χ1v) is 11.8. The van der Waals surface area contributed by atoms with E-state index in [1.807, 2.05) is 19.1 Å². The summed E-state index contributed by atoms with van der Waals surface area (Å²) in [4.78, 5) is 12.5. The van der Waals surface area contributed by atoms with Gasteiger partial charge in [-0.3, -0.25) is 0 Å². The molecule has 2 aromatic carbocycles. The number of carbonyl (C=O) groups excluding carboxylic acids is 1. The zero-order valence-electron chi connectivity index (χ0n) is 19.1. The molecule has 0 unspecified atom stereocenters. The molecule has 4 nitrogen and oxygen atoms in total. The molecule has 0 saturated heterocycles. The molecule has 0 fully saturated rings. The van der Waals surface area contributed by atoms with E-state index in [9.17, 15) is 18.0 Å². The Balaban J connectivity index is 1.62. The minimum absolute atomic E-state index is 0.439.